The van der Waals surface area contributed by atoms with Crippen molar-refractivity contribution in [1.82, 2.24) is 20.1 Å². The van der Waals surface area contributed by atoms with Crippen LogP contribution >= 0.6 is 0 Å². The summed E-state index contributed by atoms with van der Waals surface area (Å²) in [5.74, 6) is 1.76. The highest BCUT2D eigenvalue weighted by Crippen LogP contribution is 2.20. The highest BCUT2D eigenvalue weighted by Gasteiger charge is 2.19. The number of fused-ring (bicyclic) bond motifs is 1. The first-order chi connectivity index (χ1) is 11.8. The molecule has 0 saturated carbocycles. The van der Waals surface area contributed by atoms with Gasteiger partial charge in [0.1, 0.15) is 17.9 Å². The number of hydrogen-bond donors (Lipinski definition) is 1. The highest BCUT2D eigenvalue weighted by molar-refractivity contribution is 5.94. The Morgan fingerprint density at radius 1 is 1.21 bits per heavy atom. The standard InChI is InChI=1S/C18H18N4O2/c23-18(14-5-3-13(4-6-14)16-2-1-11-24-16)20-15-7-8-17-21-19-12-22(17)10-9-15/h1-6,11-12,15H,7-10H2,(H,20,23). The highest BCUT2D eigenvalue weighted by atomic mass is 16.3. The SMILES string of the molecule is O=C(NC1CCc2nncn2CC1)c1ccc(-c2ccco2)cc1. The van der Waals surface area contributed by atoms with Gasteiger partial charge in [-0.25, -0.2) is 0 Å². The molecule has 4 rings (SSSR count). The normalized spacial score (nSPS) is 17.1. The van der Waals surface area contributed by atoms with E-state index in [1.165, 1.54) is 0 Å². The number of hydrogen-bond acceptors (Lipinski definition) is 4. The zero-order valence-corrected chi connectivity index (χ0v) is 13.2. The lowest BCUT2D eigenvalue weighted by atomic mass is 10.1. The van der Waals surface area contributed by atoms with E-state index < -0.39 is 0 Å². The van der Waals surface area contributed by atoms with Crippen LogP contribution in [0.15, 0.2) is 53.4 Å². The van der Waals surface area contributed by atoms with E-state index in [2.05, 4.69) is 20.1 Å². The summed E-state index contributed by atoms with van der Waals surface area (Å²) in [6.45, 7) is 0.838. The summed E-state index contributed by atoms with van der Waals surface area (Å²) < 4.78 is 7.42. The van der Waals surface area contributed by atoms with Gasteiger partial charge in [-0.3, -0.25) is 4.79 Å². The minimum absolute atomic E-state index is 0.0383. The summed E-state index contributed by atoms with van der Waals surface area (Å²) in [6.07, 6.45) is 6.01. The maximum atomic E-state index is 12.5. The second-order valence-electron chi connectivity index (χ2n) is 5.99. The Morgan fingerprint density at radius 3 is 2.88 bits per heavy atom. The minimum Gasteiger partial charge on any atom is -0.464 e. The summed E-state index contributed by atoms with van der Waals surface area (Å²) in [6, 6.07) is 11.4. The fourth-order valence-electron chi connectivity index (χ4n) is 3.04. The van der Waals surface area contributed by atoms with Gasteiger partial charge in [0, 0.05) is 30.1 Å². The van der Waals surface area contributed by atoms with Gasteiger partial charge in [-0.15, -0.1) is 10.2 Å². The molecule has 1 aliphatic heterocycles. The van der Waals surface area contributed by atoms with E-state index in [1.54, 1.807) is 12.6 Å². The second-order valence-corrected chi connectivity index (χ2v) is 5.99. The van der Waals surface area contributed by atoms with Crippen LogP contribution in [0, 0.1) is 0 Å². The number of amides is 1. The van der Waals surface area contributed by atoms with Crippen LogP contribution < -0.4 is 5.32 Å². The van der Waals surface area contributed by atoms with E-state index in [4.69, 9.17) is 4.42 Å². The molecule has 6 heteroatoms. The third kappa shape index (κ3) is 2.95. The number of nitrogens with zero attached hydrogens (tertiary/aromatic N) is 3. The summed E-state index contributed by atoms with van der Waals surface area (Å²) >= 11 is 0. The molecule has 122 valence electrons. The van der Waals surface area contributed by atoms with Gasteiger partial charge >= 0.3 is 0 Å². The molecule has 1 amide bonds. The maximum Gasteiger partial charge on any atom is 0.251 e. The summed E-state index contributed by atoms with van der Waals surface area (Å²) in [7, 11) is 0. The van der Waals surface area contributed by atoms with Crippen LogP contribution in [0.2, 0.25) is 0 Å². The smallest absolute Gasteiger partial charge is 0.251 e. The van der Waals surface area contributed by atoms with Crippen LogP contribution in [0.3, 0.4) is 0 Å². The number of aromatic nitrogens is 3. The van der Waals surface area contributed by atoms with E-state index in [1.807, 2.05) is 36.4 Å². The first kappa shape index (κ1) is 14.7. The minimum atomic E-state index is -0.0383. The zero-order chi connectivity index (χ0) is 16.4. The molecule has 1 atom stereocenters. The van der Waals surface area contributed by atoms with E-state index in [0.29, 0.717) is 5.56 Å². The van der Waals surface area contributed by atoms with E-state index in [0.717, 1.165) is 43.0 Å². The summed E-state index contributed by atoms with van der Waals surface area (Å²) in [4.78, 5) is 12.5. The lowest BCUT2D eigenvalue weighted by Crippen LogP contribution is -2.35. The maximum absolute atomic E-state index is 12.5. The molecular formula is C18H18N4O2. The molecule has 6 nitrogen and oxygen atoms in total. The quantitative estimate of drug-likeness (QED) is 0.804. The third-order valence-electron chi connectivity index (χ3n) is 4.42. The predicted molar refractivity (Wildman–Crippen MR) is 88.4 cm³/mol. The molecule has 0 bridgehead atoms. The molecule has 0 radical (unpaired) electrons. The Labute approximate surface area is 139 Å². The largest absolute Gasteiger partial charge is 0.464 e. The number of nitrogens with one attached hydrogen (secondary N) is 1. The Morgan fingerprint density at radius 2 is 2.08 bits per heavy atom. The van der Waals surface area contributed by atoms with Crippen molar-refractivity contribution in [1.29, 1.82) is 0 Å². The molecule has 0 fully saturated rings. The monoisotopic (exact) mass is 322 g/mol. The molecule has 1 aliphatic rings. The molecule has 24 heavy (non-hydrogen) atoms. The second kappa shape index (κ2) is 6.31. The van der Waals surface area contributed by atoms with Gasteiger partial charge in [0.15, 0.2) is 0 Å². The molecule has 2 aromatic heterocycles. The van der Waals surface area contributed by atoms with Crippen molar-refractivity contribution < 1.29 is 9.21 Å². The number of rotatable bonds is 3. The number of aryl methyl sites for hydroxylation is 2. The lowest BCUT2D eigenvalue weighted by Gasteiger charge is -2.16. The summed E-state index contributed by atoms with van der Waals surface area (Å²) in [5, 5.41) is 11.2. The van der Waals surface area contributed by atoms with Crippen molar-refractivity contribution in [2.45, 2.75) is 31.8 Å². The van der Waals surface area contributed by atoms with Gasteiger partial charge in [-0.2, -0.15) is 0 Å². The van der Waals surface area contributed by atoms with Crippen LogP contribution in [0.5, 0.6) is 0 Å². The third-order valence-corrected chi connectivity index (χ3v) is 4.42. The topological polar surface area (TPSA) is 73.0 Å². The Hall–Kier alpha value is -2.89. The molecule has 1 unspecified atom stereocenters. The number of carbonyl (C=O) groups is 1. The van der Waals surface area contributed by atoms with E-state index in [9.17, 15) is 4.79 Å². The fraction of sp³-hybridized carbons (Fsp3) is 0.278. The Balaban J connectivity index is 1.40. The van der Waals surface area contributed by atoms with Crippen molar-refractivity contribution in [3.8, 4) is 11.3 Å². The molecule has 3 heterocycles. The van der Waals surface area contributed by atoms with Crippen molar-refractivity contribution in [2.24, 2.45) is 0 Å². The Bertz CT molecular complexity index is 799. The zero-order valence-electron chi connectivity index (χ0n) is 13.2. The molecular weight excluding hydrogens is 304 g/mol. The van der Waals surface area contributed by atoms with Crippen molar-refractivity contribution in [2.75, 3.05) is 0 Å². The molecule has 1 aromatic carbocycles. The van der Waals surface area contributed by atoms with Gasteiger partial charge < -0.3 is 14.3 Å². The average Bonchev–Trinajstić information content (AvgIpc) is 3.26. The van der Waals surface area contributed by atoms with Gasteiger partial charge in [0.25, 0.3) is 5.91 Å². The van der Waals surface area contributed by atoms with Crippen LogP contribution in [0.1, 0.15) is 29.0 Å². The molecule has 0 saturated heterocycles. The van der Waals surface area contributed by atoms with Crippen molar-refractivity contribution in [3.05, 3.63) is 60.4 Å². The molecule has 0 aliphatic carbocycles. The van der Waals surface area contributed by atoms with Crippen molar-refractivity contribution in [3.63, 3.8) is 0 Å². The van der Waals surface area contributed by atoms with Gasteiger partial charge in [0.05, 0.1) is 6.26 Å². The predicted octanol–water partition coefficient (Wildman–Crippen LogP) is 2.67. The van der Waals surface area contributed by atoms with Gasteiger partial charge in [-0.05, 0) is 37.1 Å². The average molecular weight is 322 g/mol. The van der Waals surface area contributed by atoms with Gasteiger partial charge in [0.2, 0.25) is 0 Å². The Kier molecular flexibility index (Phi) is 3.86. The lowest BCUT2D eigenvalue weighted by molar-refractivity contribution is 0.0933. The summed E-state index contributed by atoms with van der Waals surface area (Å²) in [5.41, 5.74) is 1.62. The van der Waals surface area contributed by atoms with E-state index in [-0.39, 0.29) is 11.9 Å². The molecule has 3 aromatic rings. The number of carbonyl (C=O) groups excluding carboxylic acids is 1. The number of benzene rings is 1. The van der Waals surface area contributed by atoms with Crippen LogP contribution in [-0.4, -0.2) is 26.7 Å². The van der Waals surface area contributed by atoms with Crippen LogP contribution in [-0.2, 0) is 13.0 Å². The van der Waals surface area contributed by atoms with Crippen LogP contribution in [0.4, 0.5) is 0 Å². The molecule has 0 spiro atoms. The van der Waals surface area contributed by atoms with E-state index >= 15 is 0 Å². The first-order valence-electron chi connectivity index (χ1n) is 8.11. The molecule has 1 N–H and O–H groups in total. The first-order valence-corrected chi connectivity index (χ1v) is 8.11. The fourth-order valence-corrected chi connectivity index (χ4v) is 3.04. The van der Waals surface area contributed by atoms with Crippen LogP contribution in [0.25, 0.3) is 11.3 Å². The van der Waals surface area contributed by atoms with Gasteiger partial charge in [-0.1, -0.05) is 12.1 Å². The number of furan rings is 1. The van der Waals surface area contributed by atoms with Crippen molar-refractivity contribution >= 4 is 5.91 Å².